The molecule has 0 radical (unpaired) electrons. The van der Waals surface area contributed by atoms with Crippen molar-refractivity contribution in [1.82, 2.24) is 4.90 Å². The first-order valence-electron chi connectivity index (χ1n) is 10.7. The van der Waals surface area contributed by atoms with Gasteiger partial charge in [0.1, 0.15) is 0 Å². The molecule has 4 atom stereocenters. The summed E-state index contributed by atoms with van der Waals surface area (Å²) >= 11 is 0. The molecule has 3 aliphatic rings. The van der Waals surface area contributed by atoms with E-state index in [4.69, 9.17) is 4.74 Å². The summed E-state index contributed by atoms with van der Waals surface area (Å²) in [6.07, 6.45) is -0.879. The number of benzene rings is 2. The van der Waals surface area contributed by atoms with Gasteiger partial charge < -0.3 is 24.5 Å². The Labute approximate surface area is 254 Å². The molecule has 3 aliphatic heterocycles. The molecular formula is C24H17N2Na2O9+. The number of imide groups is 2. The van der Waals surface area contributed by atoms with Crippen LogP contribution in [0, 0.1) is 0 Å². The van der Waals surface area contributed by atoms with E-state index in [9.17, 15) is 39.0 Å². The van der Waals surface area contributed by atoms with Crippen LogP contribution in [0.3, 0.4) is 0 Å². The predicted octanol–water partition coefficient (Wildman–Crippen LogP) is -7.04. The van der Waals surface area contributed by atoms with E-state index in [0.717, 1.165) is 17.0 Å². The minimum absolute atomic E-state index is 0. The number of carbonyl (C=O) groups excluding carboxylic acids is 6. The topological polar surface area (TPSA) is 161 Å². The van der Waals surface area contributed by atoms with E-state index in [2.05, 4.69) is 0 Å². The average molecular weight is 523 g/mol. The minimum atomic E-state index is -1.48. The molecule has 11 nitrogen and oxygen atoms in total. The first-order chi connectivity index (χ1) is 16.5. The average Bonchev–Trinajstić information content (AvgIpc) is 3.25. The Balaban J connectivity index is 0.00000190. The van der Waals surface area contributed by atoms with Crippen molar-refractivity contribution in [2.75, 3.05) is 6.61 Å². The number of carbonyl (C=O) groups is 6. The zero-order valence-electron chi connectivity index (χ0n) is 20.5. The van der Waals surface area contributed by atoms with Crippen molar-refractivity contribution in [2.24, 2.45) is 0 Å². The maximum absolute atomic E-state index is 13.1. The Bertz CT molecular complexity index is 1410. The second kappa shape index (κ2) is 10.2. The number of aromatic carboxylic acids is 2. The van der Waals surface area contributed by atoms with Crippen molar-refractivity contribution >= 4 is 35.6 Å². The van der Waals surface area contributed by atoms with Crippen molar-refractivity contribution in [3.8, 4) is 0 Å². The minimum Gasteiger partial charge on any atom is -0.545 e. The van der Waals surface area contributed by atoms with Gasteiger partial charge in [0.05, 0.1) is 46.8 Å². The van der Waals surface area contributed by atoms with Crippen LogP contribution in [0.1, 0.15) is 76.0 Å². The van der Waals surface area contributed by atoms with Crippen molar-refractivity contribution < 1.29 is 107 Å². The van der Waals surface area contributed by atoms with Crippen LogP contribution >= 0.6 is 0 Å². The van der Waals surface area contributed by atoms with Crippen LogP contribution in [-0.2, 0) is 4.74 Å². The van der Waals surface area contributed by atoms with Crippen molar-refractivity contribution in [1.29, 1.82) is 0 Å². The first-order valence-corrected chi connectivity index (χ1v) is 10.7. The number of carboxylic acids is 2. The third kappa shape index (κ3) is 4.14. The molecule has 0 aliphatic carbocycles. The van der Waals surface area contributed by atoms with E-state index < -0.39 is 58.4 Å². The van der Waals surface area contributed by atoms with E-state index in [1.807, 2.05) is 0 Å². The molecule has 2 aromatic rings. The molecule has 2 aromatic carbocycles. The largest absolute Gasteiger partial charge is 1.00 e. The molecular weight excluding hydrogens is 506 g/mol. The molecule has 37 heavy (non-hydrogen) atoms. The fourth-order valence-corrected chi connectivity index (χ4v) is 4.94. The molecule has 4 unspecified atom stereocenters. The zero-order valence-corrected chi connectivity index (χ0v) is 24.5. The number of amides is 4. The van der Waals surface area contributed by atoms with Crippen molar-refractivity contribution in [3.05, 3.63) is 69.8 Å². The second-order valence-electron chi connectivity index (χ2n) is 8.78. The molecule has 1 spiro atoms. The van der Waals surface area contributed by atoms with Crippen LogP contribution in [0.5, 0.6) is 0 Å². The Morgan fingerprint density at radius 3 is 1.92 bits per heavy atom. The number of quaternary nitrogens is 1. The van der Waals surface area contributed by atoms with Gasteiger partial charge in [0.25, 0.3) is 18.0 Å². The molecule has 0 saturated carbocycles. The summed E-state index contributed by atoms with van der Waals surface area (Å²) in [5, 5.41) is 22.3. The predicted molar refractivity (Wildman–Crippen MR) is 110 cm³/mol. The van der Waals surface area contributed by atoms with Crippen molar-refractivity contribution in [2.45, 2.75) is 32.2 Å². The number of rotatable bonds is 6. The summed E-state index contributed by atoms with van der Waals surface area (Å²) in [6.45, 7) is 3.00. The molecule has 5 rings (SSSR count). The summed E-state index contributed by atoms with van der Waals surface area (Å²) in [5.74, 6) is -5.36. The van der Waals surface area contributed by atoms with Crippen LogP contribution in [0.25, 0.3) is 0 Å². The molecule has 0 N–H and O–H groups in total. The normalized spacial score (nSPS) is 23.8. The van der Waals surface area contributed by atoms with Crippen LogP contribution in [0.15, 0.2) is 36.4 Å². The zero-order chi connectivity index (χ0) is 25.4. The molecule has 0 aromatic heterocycles. The molecule has 1 saturated heterocycles. The van der Waals surface area contributed by atoms with Gasteiger partial charge in [0.2, 0.25) is 0 Å². The van der Waals surface area contributed by atoms with E-state index in [1.54, 1.807) is 13.8 Å². The molecule has 178 valence electrons. The maximum Gasteiger partial charge on any atom is 1.00 e. The van der Waals surface area contributed by atoms with Crippen LogP contribution in [0.2, 0.25) is 0 Å². The Morgan fingerprint density at radius 1 is 0.865 bits per heavy atom. The monoisotopic (exact) mass is 523 g/mol. The van der Waals surface area contributed by atoms with Gasteiger partial charge in [-0.05, 0) is 49.2 Å². The van der Waals surface area contributed by atoms with Gasteiger partial charge in [-0.2, -0.15) is 0 Å². The van der Waals surface area contributed by atoms with Crippen LogP contribution in [-0.4, -0.2) is 69.9 Å². The van der Waals surface area contributed by atoms with Gasteiger partial charge in [-0.1, -0.05) is 12.1 Å². The Hall–Kier alpha value is -2.22. The SMILES string of the molecule is CC(COC1C(C)[N+]12C(=O)c1ccc(C(=O)[O-])cc1C2=O)N1C(=O)c2ccc(C(=O)[O-])cc2C1=O.[Na+].[Na+]. The summed E-state index contributed by atoms with van der Waals surface area (Å²) < 4.78 is 5.18. The van der Waals surface area contributed by atoms with Gasteiger partial charge in [-0.15, -0.1) is 4.48 Å². The number of hydrogen-bond acceptors (Lipinski definition) is 9. The Morgan fingerprint density at radius 2 is 1.35 bits per heavy atom. The Kier molecular flexibility index (Phi) is 8.05. The molecule has 4 amide bonds. The molecule has 3 heterocycles. The third-order valence-electron chi connectivity index (χ3n) is 6.86. The summed E-state index contributed by atoms with van der Waals surface area (Å²) in [6, 6.07) is 5.74. The van der Waals surface area contributed by atoms with Gasteiger partial charge >= 0.3 is 70.9 Å². The van der Waals surface area contributed by atoms with Gasteiger partial charge in [-0.3, -0.25) is 14.5 Å². The molecule has 1 fully saturated rings. The number of fused-ring (bicyclic) bond motifs is 2. The number of ether oxygens (including phenoxy) is 1. The number of carboxylic acid groups (broad SMARTS) is 2. The van der Waals surface area contributed by atoms with E-state index >= 15 is 0 Å². The first kappa shape index (κ1) is 29.3. The van der Waals surface area contributed by atoms with E-state index in [0.29, 0.717) is 0 Å². The quantitative estimate of drug-likeness (QED) is 0.155. The smallest absolute Gasteiger partial charge is 0.545 e. The van der Waals surface area contributed by atoms with Gasteiger partial charge in [-0.25, -0.2) is 9.59 Å². The van der Waals surface area contributed by atoms with E-state index in [-0.39, 0.29) is 99.1 Å². The number of nitrogens with zero attached hydrogens (tertiary/aromatic N) is 2. The van der Waals surface area contributed by atoms with E-state index in [1.165, 1.54) is 24.3 Å². The maximum atomic E-state index is 13.1. The number of hydrogen-bond donors (Lipinski definition) is 0. The third-order valence-corrected chi connectivity index (χ3v) is 6.86. The van der Waals surface area contributed by atoms with Crippen molar-refractivity contribution in [3.63, 3.8) is 0 Å². The summed E-state index contributed by atoms with van der Waals surface area (Å²) in [7, 11) is 0. The second-order valence-corrected chi connectivity index (χ2v) is 8.78. The fourth-order valence-electron chi connectivity index (χ4n) is 4.94. The summed E-state index contributed by atoms with van der Waals surface area (Å²) in [4.78, 5) is 75.0. The molecule has 0 bridgehead atoms. The van der Waals surface area contributed by atoms with Crippen LogP contribution in [0.4, 0.5) is 0 Å². The summed E-state index contributed by atoms with van der Waals surface area (Å²) in [5.41, 5.74) is -0.392. The fraction of sp³-hybridized carbons (Fsp3) is 0.250. The van der Waals surface area contributed by atoms with Gasteiger partial charge in [0, 0.05) is 0 Å². The standard InChI is InChI=1S/C24H18N2O9.2Na/c1-10(25-18(27)14-5-3-12(23(31)32)7-16(14)19(25)28)9-35-22-11(2)26(22)20(29)15-6-4-13(24(33)34)8-17(15)21(26)30;;/h3-8,10-11,22H,9H2,1-2H3,(H-,31,32,33,34);;/q;2*+1/p-1. The van der Waals surface area contributed by atoms with Crippen LogP contribution < -0.4 is 69.3 Å². The molecule has 13 heteroatoms. The van der Waals surface area contributed by atoms with Gasteiger partial charge in [0.15, 0.2) is 6.04 Å².